The second-order valence-electron chi connectivity index (χ2n) is 7.79. The maximum atomic E-state index is 12.7. The molecule has 0 unspecified atom stereocenters. The molecule has 29 heavy (non-hydrogen) atoms. The molecule has 1 atom stereocenters. The Bertz CT molecular complexity index is 747. The fraction of sp³-hybridized carbons (Fsp3) is 0.480. The Morgan fingerprint density at radius 2 is 1.45 bits per heavy atom. The van der Waals surface area contributed by atoms with Crippen molar-refractivity contribution < 1.29 is 4.79 Å². The third-order valence-electron chi connectivity index (χ3n) is 5.95. The van der Waals surface area contributed by atoms with E-state index in [9.17, 15) is 4.79 Å². The molecular weight excluding hydrogens is 358 g/mol. The van der Waals surface area contributed by atoms with Crippen molar-refractivity contribution in [1.29, 1.82) is 0 Å². The highest BCUT2D eigenvalue weighted by Gasteiger charge is 2.26. The third kappa shape index (κ3) is 5.26. The van der Waals surface area contributed by atoms with Gasteiger partial charge in [0.15, 0.2) is 0 Å². The highest BCUT2D eigenvalue weighted by atomic mass is 16.2. The van der Waals surface area contributed by atoms with E-state index in [1.165, 1.54) is 24.1 Å². The van der Waals surface area contributed by atoms with E-state index in [0.29, 0.717) is 0 Å². The van der Waals surface area contributed by atoms with Crippen LogP contribution in [0.15, 0.2) is 54.6 Å². The van der Waals surface area contributed by atoms with Crippen molar-refractivity contribution in [3.05, 3.63) is 71.3 Å². The maximum Gasteiger partial charge on any atom is 0.253 e. The summed E-state index contributed by atoms with van der Waals surface area (Å²) in [5.74, 6) is 0.117. The molecule has 3 rings (SSSR count). The summed E-state index contributed by atoms with van der Waals surface area (Å²) in [4.78, 5) is 19.7. The van der Waals surface area contributed by atoms with Gasteiger partial charge < -0.3 is 9.80 Å². The average molecular weight is 394 g/mol. The van der Waals surface area contributed by atoms with Crippen molar-refractivity contribution in [3.63, 3.8) is 0 Å². The summed E-state index contributed by atoms with van der Waals surface area (Å²) in [5, 5.41) is 0. The zero-order chi connectivity index (χ0) is 20.6. The smallest absolute Gasteiger partial charge is 0.253 e. The van der Waals surface area contributed by atoms with Gasteiger partial charge in [0.1, 0.15) is 0 Å². The molecule has 0 aromatic heterocycles. The van der Waals surface area contributed by atoms with Gasteiger partial charge in [0.25, 0.3) is 5.91 Å². The minimum Gasteiger partial charge on any atom is -0.339 e. The van der Waals surface area contributed by atoms with Gasteiger partial charge in [-0.3, -0.25) is 9.69 Å². The van der Waals surface area contributed by atoms with Crippen LogP contribution in [-0.4, -0.2) is 66.4 Å². The first-order valence-electron chi connectivity index (χ1n) is 11.1. The standard InChI is InChI=1S/C25H35N3O/c1-4-16-26-17-19-28(20-18-26)24(21-10-8-7-9-11-21)22-12-14-23(15-13-22)25(29)27(5-2)6-3/h7-15,24H,4-6,16-20H2,1-3H3/t24-/m0/s1. The molecule has 0 N–H and O–H groups in total. The van der Waals surface area contributed by atoms with Crippen molar-refractivity contribution >= 4 is 5.91 Å². The van der Waals surface area contributed by atoms with Gasteiger partial charge in [0, 0.05) is 44.8 Å². The molecule has 1 heterocycles. The lowest BCUT2D eigenvalue weighted by atomic mass is 9.95. The molecule has 0 radical (unpaired) electrons. The summed E-state index contributed by atoms with van der Waals surface area (Å²) in [7, 11) is 0. The van der Waals surface area contributed by atoms with E-state index in [1.54, 1.807) is 0 Å². The molecule has 0 saturated carbocycles. The van der Waals surface area contributed by atoms with E-state index >= 15 is 0 Å². The second kappa shape index (κ2) is 10.6. The average Bonchev–Trinajstić information content (AvgIpc) is 2.77. The minimum absolute atomic E-state index is 0.117. The highest BCUT2D eigenvalue weighted by Crippen LogP contribution is 2.30. The number of nitrogens with zero attached hydrogens (tertiary/aromatic N) is 3. The molecule has 0 aliphatic carbocycles. The molecule has 0 bridgehead atoms. The van der Waals surface area contributed by atoms with Crippen LogP contribution in [-0.2, 0) is 0 Å². The van der Waals surface area contributed by atoms with Crippen LogP contribution in [0, 0.1) is 0 Å². The fourth-order valence-electron chi connectivity index (χ4n) is 4.31. The van der Waals surface area contributed by atoms with Crippen LogP contribution in [0.5, 0.6) is 0 Å². The summed E-state index contributed by atoms with van der Waals surface area (Å²) >= 11 is 0. The summed E-state index contributed by atoms with van der Waals surface area (Å²) in [6.07, 6.45) is 1.21. The van der Waals surface area contributed by atoms with Gasteiger partial charge in [-0.1, -0.05) is 49.4 Å². The van der Waals surface area contributed by atoms with Crippen molar-refractivity contribution in [1.82, 2.24) is 14.7 Å². The van der Waals surface area contributed by atoms with Gasteiger partial charge in [0.2, 0.25) is 0 Å². The number of hydrogen-bond acceptors (Lipinski definition) is 3. The zero-order valence-corrected chi connectivity index (χ0v) is 18.2. The molecule has 4 nitrogen and oxygen atoms in total. The molecule has 2 aromatic carbocycles. The lowest BCUT2D eigenvalue weighted by Gasteiger charge is -2.39. The number of carbonyl (C=O) groups excluding carboxylic acids is 1. The van der Waals surface area contributed by atoms with E-state index in [-0.39, 0.29) is 11.9 Å². The van der Waals surface area contributed by atoms with Gasteiger partial charge in [-0.25, -0.2) is 0 Å². The first kappa shape index (κ1) is 21.5. The highest BCUT2D eigenvalue weighted by molar-refractivity contribution is 5.94. The van der Waals surface area contributed by atoms with Crippen LogP contribution in [0.25, 0.3) is 0 Å². The quantitative estimate of drug-likeness (QED) is 0.670. The van der Waals surface area contributed by atoms with Crippen LogP contribution in [0.3, 0.4) is 0 Å². The summed E-state index contributed by atoms with van der Waals surface area (Å²) < 4.78 is 0. The number of piperazine rings is 1. The maximum absolute atomic E-state index is 12.7. The monoisotopic (exact) mass is 393 g/mol. The molecule has 1 fully saturated rings. The SMILES string of the molecule is CCCN1CCN([C@@H](c2ccccc2)c2ccc(C(=O)N(CC)CC)cc2)CC1. The van der Waals surface area contributed by atoms with Crippen LogP contribution < -0.4 is 0 Å². The first-order valence-corrected chi connectivity index (χ1v) is 11.1. The molecule has 2 aromatic rings. The van der Waals surface area contributed by atoms with Crippen molar-refractivity contribution in [2.75, 3.05) is 45.8 Å². The number of carbonyl (C=O) groups is 1. The third-order valence-corrected chi connectivity index (χ3v) is 5.95. The van der Waals surface area contributed by atoms with Gasteiger partial charge in [-0.2, -0.15) is 0 Å². The van der Waals surface area contributed by atoms with Crippen molar-refractivity contribution in [3.8, 4) is 0 Å². The summed E-state index contributed by atoms with van der Waals surface area (Å²) in [5.41, 5.74) is 3.35. The molecule has 1 aliphatic rings. The molecule has 1 saturated heterocycles. The van der Waals surface area contributed by atoms with E-state index in [1.807, 2.05) is 30.9 Å². The van der Waals surface area contributed by atoms with Crippen molar-refractivity contribution in [2.24, 2.45) is 0 Å². The first-order chi connectivity index (χ1) is 14.2. The van der Waals surface area contributed by atoms with E-state index < -0.39 is 0 Å². The number of amides is 1. The Morgan fingerprint density at radius 1 is 0.862 bits per heavy atom. The minimum atomic E-state index is 0.117. The normalized spacial score (nSPS) is 16.5. The van der Waals surface area contributed by atoms with Gasteiger partial charge >= 0.3 is 0 Å². The zero-order valence-electron chi connectivity index (χ0n) is 18.2. The summed E-state index contributed by atoms with van der Waals surface area (Å²) in [6, 6.07) is 19.3. The number of hydrogen-bond donors (Lipinski definition) is 0. The Morgan fingerprint density at radius 3 is 2.00 bits per heavy atom. The van der Waals surface area contributed by atoms with E-state index in [0.717, 1.165) is 44.8 Å². The number of benzene rings is 2. The topological polar surface area (TPSA) is 26.8 Å². The second-order valence-corrected chi connectivity index (χ2v) is 7.79. The van der Waals surface area contributed by atoms with Gasteiger partial charge in [0.05, 0.1) is 6.04 Å². The Balaban J connectivity index is 1.83. The number of rotatable bonds is 8. The molecule has 4 heteroatoms. The van der Waals surface area contributed by atoms with Crippen LogP contribution >= 0.6 is 0 Å². The molecule has 0 spiro atoms. The van der Waals surface area contributed by atoms with Crippen molar-refractivity contribution in [2.45, 2.75) is 33.2 Å². The van der Waals surface area contributed by atoms with Crippen LogP contribution in [0.1, 0.15) is 54.7 Å². The fourth-order valence-corrected chi connectivity index (χ4v) is 4.31. The molecule has 156 valence electrons. The lowest BCUT2D eigenvalue weighted by molar-refractivity contribution is 0.0773. The molecule has 1 aliphatic heterocycles. The molecular formula is C25H35N3O. The Hall–Kier alpha value is -2.17. The Labute approximate surface area is 176 Å². The van der Waals surface area contributed by atoms with Gasteiger partial charge in [-0.05, 0) is 50.1 Å². The summed E-state index contributed by atoms with van der Waals surface area (Å²) in [6.45, 7) is 13.4. The molecule has 1 amide bonds. The predicted molar refractivity (Wildman–Crippen MR) is 120 cm³/mol. The van der Waals surface area contributed by atoms with E-state index in [2.05, 4.69) is 59.2 Å². The Kier molecular flexibility index (Phi) is 7.84. The largest absolute Gasteiger partial charge is 0.339 e. The van der Waals surface area contributed by atoms with Crippen LogP contribution in [0.4, 0.5) is 0 Å². The van der Waals surface area contributed by atoms with Gasteiger partial charge in [-0.15, -0.1) is 0 Å². The van der Waals surface area contributed by atoms with Crippen LogP contribution in [0.2, 0.25) is 0 Å². The van der Waals surface area contributed by atoms with E-state index in [4.69, 9.17) is 0 Å². The lowest BCUT2D eigenvalue weighted by Crippen LogP contribution is -2.47. The predicted octanol–water partition coefficient (Wildman–Crippen LogP) is 4.29.